The maximum Gasteiger partial charge on any atom is 0.351 e. The van der Waals surface area contributed by atoms with E-state index in [-0.39, 0.29) is 13.2 Å². The van der Waals surface area contributed by atoms with E-state index in [9.17, 15) is 9.59 Å². The Morgan fingerprint density at radius 1 is 1.12 bits per heavy atom. The van der Waals surface area contributed by atoms with Gasteiger partial charge in [-0.15, -0.1) is 0 Å². The number of halogens is 1. The summed E-state index contributed by atoms with van der Waals surface area (Å²) in [5, 5.41) is 3.29. The predicted molar refractivity (Wildman–Crippen MR) is 90.6 cm³/mol. The maximum atomic E-state index is 12.0. The Labute approximate surface area is 149 Å². The van der Waals surface area contributed by atoms with Crippen molar-refractivity contribution in [2.75, 3.05) is 13.2 Å². The molecule has 6 nitrogen and oxygen atoms in total. The first-order chi connectivity index (χ1) is 12.1. The predicted octanol–water partition coefficient (Wildman–Crippen LogP) is 2.34. The van der Waals surface area contributed by atoms with Crippen LogP contribution in [0.25, 0.3) is 0 Å². The summed E-state index contributed by atoms with van der Waals surface area (Å²) in [7, 11) is 0. The fourth-order valence-electron chi connectivity index (χ4n) is 2.22. The largest absolute Gasteiger partial charge is 0.485 e. The fraction of sp³-hybridized carbons (Fsp3) is 0.222. The highest BCUT2D eigenvalue weighted by Crippen LogP contribution is 2.31. The molecule has 1 amide bonds. The summed E-state index contributed by atoms with van der Waals surface area (Å²) in [4.78, 5) is 23.8. The minimum Gasteiger partial charge on any atom is -0.485 e. The first-order valence-electron chi connectivity index (χ1n) is 7.68. The fourth-order valence-corrected chi connectivity index (χ4v) is 2.35. The number of amides is 1. The van der Waals surface area contributed by atoms with Crippen molar-refractivity contribution in [3.05, 3.63) is 59.1 Å². The molecule has 0 aromatic heterocycles. The van der Waals surface area contributed by atoms with Gasteiger partial charge in [-0.3, -0.25) is 4.79 Å². The molecule has 7 heteroatoms. The number of esters is 1. The number of para-hydroxylation sites is 2. The van der Waals surface area contributed by atoms with E-state index in [2.05, 4.69) is 5.32 Å². The molecule has 0 fully saturated rings. The lowest BCUT2D eigenvalue weighted by Crippen LogP contribution is -2.39. The molecule has 2 aromatic rings. The SMILES string of the molecule is O=C(COC(=O)[C@H]1COc2ccccc2O1)NCc1ccc(Cl)cc1. The molecule has 1 atom stereocenters. The molecule has 0 radical (unpaired) electrons. The number of rotatable bonds is 5. The van der Waals surface area contributed by atoms with Crippen LogP contribution in [0.5, 0.6) is 11.5 Å². The highest BCUT2D eigenvalue weighted by molar-refractivity contribution is 6.30. The number of carbonyl (C=O) groups excluding carboxylic acids is 2. The number of nitrogens with one attached hydrogen (secondary N) is 1. The van der Waals surface area contributed by atoms with Crippen molar-refractivity contribution in [1.29, 1.82) is 0 Å². The van der Waals surface area contributed by atoms with Gasteiger partial charge in [0.2, 0.25) is 6.10 Å². The van der Waals surface area contributed by atoms with E-state index in [0.29, 0.717) is 23.1 Å². The number of hydrogen-bond donors (Lipinski definition) is 1. The van der Waals surface area contributed by atoms with Crippen LogP contribution in [-0.2, 0) is 20.9 Å². The first kappa shape index (κ1) is 17.1. The Kier molecular flexibility index (Phi) is 5.40. The number of carbonyl (C=O) groups is 2. The van der Waals surface area contributed by atoms with E-state index in [1.54, 1.807) is 42.5 Å². The Balaban J connectivity index is 1.43. The van der Waals surface area contributed by atoms with Gasteiger partial charge in [0.05, 0.1) is 0 Å². The van der Waals surface area contributed by atoms with Gasteiger partial charge < -0.3 is 19.5 Å². The normalized spacial score (nSPS) is 15.3. The van der Waals surface area contributed by atoms with Crippen molar-refractivity contribution in [2.45, 2.75) is 12.6 Å². The summed E-state index contributed by atoms with van der Waals surface area (Å²) in [5.41, 5.74) is 0.893. The van der Waals surface area contributed by atoms with Crippen LogP contribution < -0.4 is 14.8 Å². The third kappa shape index (κ3) is 4.64. The van der Waals surface area contributed by atoms with Crippen LogP contribution in [0.15, 0.2) is 48.5 Å². The second kappa shape index (κ2) is 7.90. The Morgan fingerprint density at radius 2 is 1.84 bits per heavy atom. The quantitative estimate of drug-likeness (QED) is 0.827. The molecule has 25 heavy (non-hydrogen) atoms. The molecule has 0 saturated carbocycles. The highest BCUT2D eigenvalue weighted by atomic mass is 35.5. The topological polar surface area (TPSA) is 73.9 Å². The minimum atomic E-state index is -0.890. The molecule has 1 heterocycles. The van der Waals surface area contributed by atoms with Crippen LogP contribution in [0.2, 0.25) is 5.02 Å². The molecule has 3 rings (SSSR count). The summed E-state index contributed by atoms with van der Waals surface area (Å²) in [6.07, 6.45) is -0.890. The Hall–Kier alpha value is -2.73. The van der Waals surface area contributed by atoms with Crippen LogP contribution in [0.4, 0.5) is 0 Å². The van der Waals surface area contributed by atoms with Crippen LogP contribution >= 0.6 is 11.6 Å². The van der Waals surface area contributed by atoms with Crippen LogP contribution in [0.1, 0.15) is 5.56 Å². The molecule has 1 N–H and O–H groups in total. The summed E-state index contributed by atoms with van der Waals surface area (Å²) >= 11 is 5.80. The van der Waals surface area contributed by atoms with Gasteiger partial charge in [-0.05, 0) is 29.8 Å². The molecule has 0 aliphatic carbocycles. The smallest absolute Gasteiger partial charge is 0.351 e. The van der Waals surface area contributed by atoms with Crippen LogP contribution in [0.3, 0.4) is 0 Å². The van der Waals surface area contributed by atoms with Gasteiger partial charge in [0.15, 0.2) is 18.1 Å². The lowest BCUT2D eigenvalue weighted by atomic mass is 10.2. The van der Waals surface area contributed by atoms with Gasteiger partial charge in [-0.25, -0.2) is 4.79 Å². The van der Waals surface area contributed by atoms with E-state index in [1.165, 1.54) is 0 Å². The molecule has 0 bridgehead atoms. The summed E-state index contributed by atoms with van der Waals surface area (Å²) < 4.78 is 16.0. The van der Waals surface area contributed by atoms with Gasteiger partial charge in [-0.1, -0.05) is 35.9 Å². The van der Waals surface area contributed by atoms with E-state index in [4.69, 9.17) is 25.8 Å². The van der Waals surface area contributed by atoms with E-state index in [0.717, 1.165) is 5.56 Å². The van der Waals surface area contributed by atoms with Gasteiger partial charge in [0.25, 0.3) is 5.91 Å². The van der Waals surface area contributed by atoms with Crippen molar-refractivity contribution in [2.24, 2.45) is 0 Å². The van der Waals surface area contributed by atoms with Gasteiger partial charge in [0, 0.05) is 11.6 Å². The average Bonchev–Trinajstić information content (AvgIpc) is 2.65. The van der Waals surface area contributed by atoms with Crippen molar-refractivity contribution in [3.63, 3.8) is 0 Å². The molecule has 0 spiro atoms. The van der Waals surface area contributed by atoms with Crippen LogP contribution in [0, 0.1) is 0 Å². The third-order valence-corrected chi connectivity index (χ3v) is 3.77. The van der Waals surface area contributed by atoms with E-state index < -0.39 is 18.0 Å². The van der Waals surface area contributed by atoms with Crippen molar-refractivity contribution in [1.82, 2.24) is 5.32 Å². The van der Waals surface area contributed by atoms with E-state index in [1.807, 2.05) is 6.07 Å². The zero-order valence-corrected chi connectivity index (χ0v) is 14.0. The zero-order chi connectivity index (χ0) is 17.6. The zero-order valence-electron chi connectivity index (χ0n) is 13.2. The lowest BCUT2D eigenvalue weighted by molar-refractivity contribution is -0.157. The van der Waals surface area contributed by atoms with Crippen molar-refractivity contribution in [3.8, 4) is 11.5 Å². The third-order valence-electron chi connectivity index (χ3n) is 3.52. The highest BCUT2D eigenvalue weighted by Gasteiger charge is 2.29. The summed E-state index contributed by atoms with van der Waals surface area (Å²) in [6.45, 7) is -0.0138. The van der Waals surface area contributed by atoms with Gasteiger partial charge >= 0.3 is 5.97 Å². The molecule has 130 valence electrons. The average molecular weight is 362 g/mol. The number of hydrogen-bond acceptors (Lipinski definition) is 5. The first-order valence-corrected chi connectivity index (χ1v) is 8.06. The summed E-state index contributed by atoms with van der Waals surface area (Å²) in [6, 6.07) is 14.1. The molecular weight excluding hydrogens is 346 g/mol. The molecule has 1 aliphatic rings. The van der Waals surface area contributed by atoms with E-state index >= 15 is 0 Å². The molecule has 1 aliphatic heterocycles. The van der Waals surface area contributed by atoms with Crippen LogP contribution in [-0.4, -0.2) is 31.2 Å². The molecule has 0 saturated heterocycles. The second-order valence-electron chi connectivity index (χ2n) is 5.38. The monoisotopic (exact) mass is 361 g/mol. The Morgan fingerprint density at radius 3 is 2.60 bits per heavy atom. The number of benzene rings is 2. The minimum absolute atomic E-state index is 0.0439. The van der Waals surface area contributed by atoms with Gasteiger partial charge in [-0.2, -0.15) is 0 Å². The lowest BCUT2D eigenvalue weighted by Gasteiger charge is -2.24. The Bertz CT molecular complexity index is 762. The standard InChI is InChI=1S/C18H16ClNO5/c19-13-7-5-12(6-8-13)9-20-17(21)11-24-18(22)16-10-23-14-3-1-2-4-15(14)25-16/h1-8,16H,9-11H2,(H,20,21)/t16-/m1/s1. The number of ether oxygens (including phenoxy) is 3. The van der Waals surface area contributed by atoms with Crippen molar-refractivity contribution >= 4 is 23.5 Å². The second-order valence-corrected chi connectivity index (χ2v) is 5.81. The molecular formula is C18H16ClNO5. The van der Waals surface area contributed by atoms with Crippen molar-refractivity contribution < 1.29 is 23.8 Å². The molecule has 0 unspecified atom stereocenters. The molecule has 2 aromatic carbocycles. The maximum absolute atomic E-state index is 12.0. The number of fused-ring (bicyclic) bond motifs is 1. The van der Waals surface area contributed by atoms with Gasteiger partial charge in [0.1, 0.15) is 6.61 Å². The summed E-state index contributed by atoms with van der Waals surface area (Å²) in [5.74, 6) is 0.00622.